The molecule has 0 bridgehead atoms. The Morgan fingerprint density at radius 1 is 1.21 bits per heavy atom. The van der Waals surface area contributed by atoms with Gasteiger partial charge in [-0.15, -0.1) is 5.10 Å². The van der Waals surface area contributed by atoms with Crippen LogP contribution < -0.4 is 10.0 Å². The van der Waals surface area contributed by atoms with Crippen molar-refractivity contribution in [3.05, 3.63) is 95.5 Å². The van der Waals surface area contributed by atoms with Crippen molar-refractivity contribution in [2.75, 3.05) is 13.7 Å². The maximum Gasteiger partial charge on any atom is 0.406 e. The third-order valence-electron chi connectivity index (χ3n) is 5.76. The largest absolute Gasteiger partial charge is 0.618 e. The first kappa shape index (κ1) is 24.8. The Labute approximate surface area is 219 Å². The van der Waals surface area contributed by atoms with E-state index in [9.17, 15) is 14.4 Å². The van der Waals surface area contributed by atoms with Crippen LogP contribution in [0.15, 0.2) is 73.6 Å². The summed E-state index contributed by atoms with van der Waals surface area (Å²) >= 11 is 6.24. The van der Waals surface area contributed by atoms with Gasteiger partial charge in [0.25, 0.3) is 0 Å². The van der Waals surface area contributed by atoms with Crippen molar-refractivity contribution in [2.45, 2.75) is 6.04 Å². The molecule has 1 N–H and O–H groups in total. The van der Waals surface area contributed by atoms with Crippen molar-refractivity contribution in [3.63, 3.8) is 0 Å². The topological polar surface area (TPSA) is 140 Å². The average molecular weight is 536 g/mol. The lowest BCUT2D eigenvalue weighted by molar-refractivity contribution is -0.615. The summed E-state index contributed by atoms with van der Waals surface area (Å²) in [6.45, 7) is -0.00682. The van der Waals surface area contributed by atoms with Crippen LogP contribution in [0, 0.1) is 11.2 Å². The number of nitrogens with zero attached hydrogens (tertiary/aromatic N) is 8. The highest BCUT2D eigenvalue weighted by Crippen LogP contribution is 2.30. The molecular formula is C24H19ClFN9O3. The van der Waals surface area contributed by atoms with Crippen molar-refractivity contribution in [1.82, 2.24) is 40.3 Å². The van der Waals surface area contributed by atoms with Crippen LogP contribution in [0.1, 0.15) is 11.7 Å². The van der Waals surface area contributed by atoms with Crippen LogP contribution in [-0.2, 0) is 4.74 Å². The molecule has 192 valence electrons. The number of aromatic nitrogens is 8. The number of carbonyl (C=O) groups excluding carboxylic acids is 1. The molecule has 5 rings (SSSR count). The molecule has 0 spiro atoms. The van der Waals surface area contributed by atoms with E-state index in [4.69, 9.17) is 11.6 Å². The van der Waals surface area contributed by atoms with Gasteiger partial charge in [-0.3, -0.25) is 4.68 Å². The number of methoxy groups -OCH3 is 1. The number of pyridine rings is 2. The van der Waals surface area contributed by atoms with Gasteiger partial charge in [0, 0.05) is 46.2 Å². The van der Waals surface area contributed by atoms with E-state index in [1.807, 2.05) is 0 Å². The number of carbonyl (C=O) groups is 1. The minimum absolute atomic E-state index is 0.00682. The van der Waals surface area contributed by atoms with Gasteiger partial charge in [-0.05, 0) is 46.3 Å². The molecule has 1 amide bonds. The zero-order valence-electron chi connectivity index (χ0n) is 19.8. The smallest absolute Gasteiger partial charge is 0.406 e. The Kier molecular flexibility index (Phi) is 6.91. The number of hydrogen-bond acceptors (Lipinski definition) is 8. The lowest BCUT2D eigenvalue weighted by Gasteiger charge is -2.18. The molecule has 0 fully saturated rings. The number of hydrogen-bond donors (Lipinski definition) is 1. The molecule has 0 saturated heterocycles. The number of ether oxygens (including phenoxy) is 1. The fraction of sp³-hybridized carbons (Fsp3) is 0.125. The molecule has 4 heterocycles. The third-order valence-corrected chi connectivity index (χ3v) is 5.99. The standard InChI is InChI=1S/C24H19ClFN9O3/c1-38-24(36)28-11-22(33-12-17(10-30-33)15-6-7-27-23(26)8-15)21-4-2-16(13-35(21)37)19-9-18(25)3-5-20(19)34-14-29-31-32-34/h2-10,12-14,22H,11H2,1H3,(H,28,36). The predicted molar refractivity (Wildman–Crippen MR) is 133 cm³/mol. The summed E-state index contributed by atoms with van der Waals surface area (Å²) in [5, 5.41) is 32.1. The lowest BCUT2D eigenvalue weighted by atomic mass is 10.0. The van der Waals surface area contributed by atoms with Gasteiger partial charge < -0.3 is 15.3 Å². The van der Waals surface area contributed by atoms with Crippen molar-refractivity contribution < 1.29 is 18.7 Å². The van der Waals surface area contributed by atoms with E-state index in [1.54, 1.807) is 42.6 Å². The normalized spacial score (nSPS) is 11.8. The third kappa shape index (κ3) is 5.13. The molecule has 1 aromatic carbocycles. The molecule has 0 saturated carbocycles. The number of alkyl carbamates (subject to hydrolysis) is 1. The van der Waals surface area contributed by atoms with Crippen LogP contribution in [0.4, 0.5) is 9.18 Å². The van der Waals surface area contributed by atoms with Gasteiger partial charge in [-0.2, -0.15) is 18.9 Å². The van der Waals surface area contributed by atoms with E-state index in [1.165, 1.54) is 47.5 Å². The van der Waals surface area contributed by atoms with Crippen molar-refractivity contribution >= 4 is 17.7 Å². The zero-order valence-corrected chi connectivity index (χ0v) is 20.5. The summed E-state index contributed by atoms with van der Waals surface area (Å²) in [5.41, 5.74) is 3.26. The summed E-state index contributed by atoms with van der Waals surface area (Å²) in [4.78, 5) is 15.4. The molecule has 1 unspecified atom stereocenters. The van der Waals surface area contributed by atoms with Crippen LogP contribution in [0.3, 0.4) is 0 Å². The van der Waals surface area contributed by atoms with Crippen molar-refractivity contribution in [3.8, 4) is 27.9 Å². The summed E-state index contributed by atoms with van der Waals surface area (Å²) in [7, 11) is 1.24. The number of benzene rings is 1. The minimum atomic E-state index is -0.723. The monoisotopic (exact) mass is 535 g/mol. The maximum absolute atomic E-state index is 13.6. The fourth-order valence-corrected chi connectivity index (χ4v) is 4.12. The number of halogens is 2. The quantitative estimate of drug-likeness (QED) is 0.190. The SMILES string of the molecule is COC(=O)NCC(c1ccc(-c2cc(Cl)ccc2-n2cnnn2)c[n+]1[O-])n1cc(-c2ccnc(F)c2)cn1. The minimum Gasteiger partial charge on any atom is -0.618 e. The Morgan fingerprint density at radius 3 is 2.82 bits per heavy atom. The van der Waals surface area contributed by atoms with Gasteiger partial charge in [0.15, 0.2) is 12.2 Å². The van der Waals surface area contributed by atoms with Gasteiger partial charge >= 0.3 is 6.09 Å². The van der Waals surface area contributed by atoms with Crippen LogP contribution >= 0.6 is 11.6 Å². The fourth-order valence-electron chi connectivity index (χ4n) is 3.95. The van der Waals surface area contributed by atoms with Crippen molar-refractivity contribution in [1.29, 1.82) is 0 Å². The van der Waals surface area contributed by atoms with Gasteiger partial charge in [0.2, 0.25) is 11.6 Å². The summed E-state index contributed by atoms with van der Waals surface area (Å²) in [6.07, 6.45) is 6.69. The molecular weight excluding hydrogens is 517 g/mol. The second kappa shape index (κ2) is 10.6. The molecule has 1 atom stereocenters. The second-order valence-corrected chi connectivity index (χ2v) is 8.49. The molecule has 0 radical (unpaired) electrons. The number of tetrazole rings is 1. The highest BCUT2D eigenvalue weighted by molar-refractivity contribution is 6.31. The van der Waals surface area contributed by atoms with E-state index in [2.05, 4.69) is 35.7 Å². The summed E-state index contributed by atoms with van der Waals surface area (Å²) in [5.74, 6) is -0.630. The first-order chi connectivity index (χ1) is 18.4. The maximum atomic E-state index is 13.6. The van der Waals surface area contributed by atoms with Crippen molar-refractivity contribution in [2.24, 2.45) is 0 Å². The second-order valence-electron chi connectivity index (χ2n) is 8.05. The molecule has 0 aliphatic rings. The Hall–Kier alpha value is -4.91. The molecule has 12 nitrogen and oxygen atoms in total. The zero-order chi connectivity index (χ0) is 26.6. The Morgan fingerprint density at radius 2 is 2.08 bits per heavy atom. The molecule has 14 heteroatoms. The first-order valence-electron chi connectivity index (χ1n) is 11.2. The van der Waals surface area contributed by atoms with Crippen LogP contribution in [0.25, 0.3) is 27.9 Å². The molecule has 0 aliphatic heterocycles. The Bertz CT molecular complexity index is 1590. The van der Waals surface area contributed by atoms with Crippen LogP contribution in [0.2, 0.25) is 5.02 Å². The van der Waals surface area contributed by atoms with Gasteiger partial charge in [0.1, 0.15) is 6.33 Å². The average Bonchev–Trinajstić information content (AvgIpc) is 3.62. The van der Waals surface area contributed by atoms with Gasteiger partial charge in [-0.25, -0.2) is 9.78 Å². The predicted octanol–water partition coefficient (Wildman–Crippen LogP) is 2.96. The summed E-state index contributed by atoms with van der Waals surface area (Å²) in [6, 6.07) is 10.7. The number of amides is 1. The lowest BCUT2D eigenvalue weighted by Crippen LogP contribution is -2.40. The first-order valence-corrected chi connectivity index (χ1v) is 11.5. The van der Waals surface area contributed by atoms with Gasteiger partial charge in [0.05, 0.1) is 25.5 Å². The Balaban J connectivity index is 1.53. The highest BCUT2D eigenvalue weighted by Gasteiger charge is 2.25. The summed E-state index contributed by atoms with van der Waals surface area (Å²) < 4.78 is 22.0. The molecule has 4 aromatic heterocycles. The van der Waals surface area contributed by atoms with E-state index < -0.39 is 18.1 Å². The number of rotatable bonds is 7. The molecule has 0 aliphatic carbocycles. The van der Waals surface area contributed by atoms with Gasteiger partial charge in [-0.1, -0.05) is 11.6 Å². The van der Waals surface area contributed by atoms with E-state index in [0.29, 0.717) is 37.7 Å². The number of nitrogens with one attached hydrogen (secondary N) is 1. The van der Waals surface area contributed by atoms with E-state index in [-0.39, 0.29) is 12.2 Å². The highest BCUT2D eigenvalue weighted by atomic mass is 35.5. The van der Waals surface area contributed by atoms with Crippen LogP contribution in [0.5, 0.6) is 0 Å². The van der Waals surface area contributed by atoms with E-state index in [0.717, 1.165) is 0 Å². The molecule has 38 heavy (non-hydrogen) atoms. The van der Waals surface area contributed by atoms with E-state index >= 15 is 0 Å². The molecule has 5 aromatic rings. The van der Waals surface area contributed by atoms with Crippen LogP contribution in [-0.4, -0.2) is 54.7 Å².